The molecule has 1 rings (SSSR count). The fourth-order valence-electron chi connectivity index (χ4n) is 0.738. The molecule has 0 aliphatic heterocycles. The summed E-state index contributed by atoms with van der Waals surface area (Å²) in [6.45, 7) is 3.18. The van der Waals surface area contributed by atoms with E-state index in [1.165, 1.54) is 0 Å². The maximum Gasteiger partial charge on any atom is 0.175 e. The summed E-state index contributed by atoms with van der Waals surface area (Å²) in [7, 11) is 0. The number of benzene rings is 1. The summed E-state index contributed by atoms with van der Waals surface area (Å²) in [5, 5.41) is 1.08. The number of hydrogen-bond acceptors (Lipinski definition) is 1. The summed E-state index contributed by atoms with van der Waals surface area (Å²) in [6.07, 6.45) is 0. The Kier molecular flexibility index (Phi) is 2.98. The number of thioether (sulfide) groups is 1. The standard InChI is InChI=1S/C8H4F4S/c1-2-13-8-6(11)4(9)3-5(10)7(8)12/h2-3H,1H2. The van der Waals surface area contributed by atoms with Gasteiger partial charge in [-0.15, -0.1) is 0 Å². The summed E-state index contributed by atoms with van der Waals surface area (Å²) in [4.78, 5) is -0.715. The van der Waals surface area contributed by atoms with Crippen LogP contribution in [0.2, 0.25) is 0 Å². The van der Waals surface area contributed by atoms with Gasteiger partial charge < -0.3 is 0 Å². The van der Waals surface area contributed by atoms with Crippen LogP contribution in [0.4, 0.5) is 17.6 Å². The lowest BCUT2D eigenvalue weighted by Gasteiger charge is -2.02. The molecule has 1 aromatic rings. The molecule has 0 unspecified atom stereocenters. The molecule has 70 valence electrons. The Balaban J connectivity index is 3.36. The predicted octanol–water partition coefficient (Wildman–Crippen LogP) is 3.48. The molecule has 0 aliphatic rings. The molecular weight excluding hydrogens is 204 g/mol. The maximum absolute atomic E-state index is 12.8. The Bertz CT molecular complexity index is 322. The molecule has 0 heterocycles. The third-order valence-electron chi connectivity index (χ3n) is 1.27. The average molecular weight is 208 g/mol. The zero-order valence-electron chi connectivity index (χ0n) is 6.28. The van der Waals surface area contributed by atoms with Crippen molar-refractivity contribution in [3.63, 3.8) is 0 Å². The van der Waals surface area contributed by atoms with Gasteiger partial charge in [0.05, 0.1) is 4.90 Å². The molecular formula is C8H4F4S. The van der Waals surface area contributed by atoms with Crippen LogP contribution in [-0.4, -0.2) is 0 Å². The van der Waals surface area contributed by atoms with Gasteiger partial charge in [0.2, 0.25) is 0 Å². The van der Waals surface area contributed by atoms with Crippen molar-refractivity contribution in [2.75, 3.05) is 0 Å². The molecule has 5 heteroatoms. The lowest BCUT2D eigenvalue weighted by Crippen LogP contribution is -1.96. The molecule has 0 bridgehead atoms. The van der Waals surface area contributed by atoms with Crippen LogP contribution in [0.15, 0.2) is 22.9 Å². The van der Waals surface area contributed by atoms with E-state index in [1.54, 1.807) is 0 Å². The van der Waals surface area contributed by atoms with Crippen molar-refractivity contribution >= 4 is 11.8 Å². The summed E-state index contributed by atoms with van der Waals surface area (Å²) in [5.74, 6) is -5.63. The lowest BCUT2D eigenvalue weighted by atomic mass is 10.3. The minimum Gasteiger partial charge on any atom is -0.204 e. The predicted molar refractivity (Wildman–Crippen MR) is 42.3 cm³/mol. The first-order chi connectivity index (χ1) is 6.07. The van der Waals surface area contributed by atoms with Crippen molar-refractivity contribution in [1.82, 2.24) is 0 Å². The Morgan fingerprint density at radius 2 is 1.54 bits per heavy atom. The van der Waals surface area contributed by atoms with Crippen LogP contribution in [0.1, 0.15) is 0 Å². The molecule has 0 fully saturated rings. The molecule has 13 heavy (non-hydrogen) atoms. The molecule has 0 amide bonds. The summed E-state index contributed by atoms with van der Waals surface area (Å²) < 4.78 is 50.6. The molecule has 0 radical (unpaired) electrons. The molecule has 0 saturated heterocycles. The first-order valence-electron chi connectivity index (χ1n) is 3.18. The first kappa shape index (κ1) is 10.1. The van der Waals surface area contributed by atoms with E-state index < -0.39 is 28.2 Å². The van der Waals surface area contributed by atoms with Crippen LogP contribution in [0, 0.1) is 23.3 Å². The van der Waals surface area contributed by atoms with Crippen molar-refractivity contribution < 1.29 is 17.6 Å². The van der Waals surface area contributed by atoms with E-state index in [4.69, 9.17) is 0 Å². The van der Waals surface area contributed by atoms with Crippen LogP contribution in [0.5, 0.6) is 0 Å². The second-order valence-corrected chi connectivity index (χ2v) is 3.06. The van der Waals surface area contributed by atoms with E-state index in [2.05, 4.69) is 6.58 Å². The quantitative estimate of drug-likeness (QED) is 0.407. The van der Waals surface area contributed by atoms with Gasteiger partial charge in [0.25, 0.3) is 0 Å². The minimum absolute atomic E-state index is 0.164. The first-order valence-corrected chi connectivity index (χ1v) is 4.06. The molecule has 0 spiro atoms. The molecule has 0 aliphatic carbocycles. The molecule has 0 atom stereocenters. The minimum atomic E-state index is -1.41. The molecule has 1 aromatic carbocycles. The monoisotopic (exact) mass is 208 g/mol. The zero-order chi connectivity index (χ0) is 10.0. The normalized spacial score (nSPS) is 10.2. The van der Waals surface area contributed by atoms with Crippen LogP contribution in [0.3, 0.4) is 0 Å². The fourth-order valence-corrected chi connectivity index (χ4v) is 1.31. The van der Waals surface area contributed by atoms with Crippen molar-refractivity contribution in [3.05, 3.63) is 41.3 Å². The van der Waals surface area contributed by atoms with E-state index >= 15 is 0 Å². The van der Waals surface area contributed by atoms with Crippen LogP contribution >= 0.6 is 11.8 Å². The smallest absolute Gasteiger partial charge is 0.175 e. The van der Waals surface area contributed by atoms with Gasteiger partial charge in [0, 0.05) is 6.07 Å². The Hall–Kier alpha value is -0.970. The summed E-state index contributed by atoms with van der Waals surface area (Å²) in [6, 6.07) is 0.164. The second kappa shape index (κ2) is 3.83. The van der Waals surface area contributed by atoms with E-state index in [0.29, 0.717) is 11.8 Å². The van der Waals surface area contributed by atoms with Crippen molar-refractivity contribution in [3.8, 4) is 0 Å². The maximum atomic E-state index is 12.8. The molecule has 0 nitrogen and oxygen atoms in total. The lowest BCUT2D eigenvalue weighted by molar-refractivity contribution is 0.426. The number of hydrogen-bond donors (Lipinski definition) is 0. The van der Waals surface area contributed by atoms with E-state index in [9.17, 15) is 17.6 Å². The number of rotatable bonds is 2. The molecule has 0 N–H and O–H groups in total. The van der Waals surface area contributed by atoms with Gasteiger partial charge >= 0.3 is 0 Å². The van der Waals surface area contributed by atoms with Crippen LogP contribution in [0.25, 0.3) is 0 Å². The molecule has 0 saturated carbocycles. The highest BCUT2D eigenvalue weighted by Crippen LogP contribution is 2.28. The van der Waals surface area contributed by atoms with Crippen molar-refractivity contribution in [2.45, 2.75) is 4.90 Å². The van der Waals surface area contributed by atoms with Crippen molar-refractivity contribution in [1.29, 1.82) is 0 Å². The van der Waals surface area contributed by atoms with Gasteiger partial charge in [0.15, 0.2) is 23.3 Å². The molecule has 0 aromatic heterocycles. The summed E-state index contributed by atoms with van der Waals surface area (Å²) >= 11 is 0.491. The van der Waals surface area contributed by atoms with Gasteiger partial charge in [-0.25, -0.2) is 17.6 Å². The highest BCUT2D eigenvalue weighted by molar-refractivity contribution is 8.02. The topological polar surface area (TPSA) is 0 Å². The van der Waals surface area contributed by atoms with Gasteiger partial charge in [-0.05, 0) is 5.41 Å². The van der Waals surface area contributed by atoms with Gasteiger partial charge in [-0.1, -0.05) is 18.3 Å². The van der Waals surface area contributed by atoms with Crippen LogP contribution < -0.4 is 0 Å². The van der Waals surface area contributed by atoms with Gasteiger partial charge in [0.1, 0.15) is 0 Å². The zero-order valence-corrected chi connectivity index (χ0v) is 7.10. The number of halogens is 4. The van der Waals surface area contributed by atoms with E-state index in [0.717, 1.165) is 5.41 Å². The van der Waals surface area contributed by atoms with Gasteiger partial charge in [-0.3, -0.25) is 0 Å². The largest absolute Gasteiger partial charge is 0.204 e. The SMILES string of the molecule is C=CSc1c(F)c(F)cc(F)c1F. The van der Waals surface area contributed by atoms with Crippen LogP contribution in [-0.2, 0) is 0 Å². The Labute approximate surface area is 76.3 Å². The highest BCUT2D eigenvalue weighted by Gasteiger charge is 2.18. The third-order valence-corrected chi connectivity index (χ3v) is 2.03. The highest BCUT2D eigenvalue weighted by atomic mass is 32.2. The summed E-state index contributed by atoms with van der Waals surface area (Å²) in [5.41, 5.74) is 0. The third kappa shape index (κ3) is 1.85. The second-order valence-electron chi connectivity index (χ2n) is 2.08. The van der Waals surface area contributed by atoms with E-state index in [1.807, 2.05) is 0 Å². The Morgan fingerprint density at radius 3 is 1.92 bits per heavy atom. The average Bonchev–Trinajstić information content (AvgIpc) is 2.09. The van der Waals surface area contributed by atoms with Gasteiger partial charge in [-0.2, -0.15) is 0 Å². The Morgan fingerprint density at radius 1 is 1.08 bits per heavy atom. The fraction of sp³-hybridized carbons (Fsp3) is 0. The van der Waals surface area contributed by atoms with E-state index in [-0.39, 0.29) is 6.07 Å². The van der Waals surface area contributed by atoms with Crippen molar-refractivity contribution in [2.24, 2.45) is 0 Å².